The maximum Gasteiger partial charge on any atom is 0.232 e. The number of rotatable bonds is 6. The molecule has 122 valence electrons. The zero-order valence-electron chi connectivity index (χ0n) is 13.7. The van der Waals surface area contributed by atoms with E-state index in [1.54, 1.807) is 0 Å². The van der Waals surface area contributed by atoms with Crippen molar-refractivity contribution >= 4 is 23.2 Å². The molecule has 0 unspecified atom stereocenters. The molecule has 1 atom stereocenters. The van der Waals surface area contributed by atoms with Crippen LogP contribution in [0.4, 0.5) is 5.69 Å². The van der Waals surface area contributed by atoms with Crippen LogP contribution in [-0.2, 0) is 4.79 Å². The summed E-state index contributed by atoms with van der Waals surface area (Å²) in [6.07, 6.45) is 0. The summed E-state index contributed by atoms with van der Waals surface area (Å²) in [7, 11) is 0. The molecular weight excluding hydrogens is 310 g/mol. The van der Waals surface area contributed by atoms with Gasteiger partial charge in [-0.2, -0.15) is 0 Å². The zero-order chi connectivity index (χ0) is 16.8. The van der Waals surface area contributed by atoms with Crippen LogP contribution in [0.1, 0.15) is 32.3 Å². The molecule has 0 aromatic heterocycles. The van der Waals surface area contributed by atoms with E-state index in [0.717, 1.165) is 5.56 Å². The van der Waals surface area contributed by atoms with Crippen molar-refractivity contribution in [2.75, 3.05) is 11.9 Å². The lowest BCUT2D eigenvalue weighted by atomic mass is 9.87. The molecule has 2 aromatic rings. The van der Waals surface area contributed by atoms with E-state index < -0.39 is 0 Å². The predicted molar refractivity (Wildman–Crippen MR) is 95.3 cm³/mol. The van der Waals surface area contributed by atoms with E-state index in [1.165, 1.54) is 0 Å². The first-order valence-corrected chi connectivity index (χ1v) is 8.19. The summed E-state index contributed by atoms with van der Waals surface area (Å²) in [6.45, 7) is 6.54. The molecule has 0 fully saturated rings. The molecule has 2 aromatic carbocycles. The normalized spacial score (nSPS) is 12.0. The lowest BCUT2D eigenvalue weighted by Crippen LogP contribution is -2.25. The number of hydrogen-bond acceptors (Lipinski definition) is 2. The number of ether oxygens (including phenoxy) is 1. The third kappa shape index (κ3) is 4.49. The van der Waals surface area contributed by atoms with Crippen LogP contribution in [0.3, 0.4) is 0 Å². The Kier molecular flexibility index (Phi) is 6.05. The van der Waals surface area contributed by atoms with Gasteiger partial charge in [0.1, 0.15) is 5.75 Å². The molecule has 3 nitrogen and oxygen atoms in total. The quantitative estimate of drug-likeness (QED) is 0.798. The lowest BCUT2D eigenvalue weighted by Gasteiger charge is -2.21. The van der Waals surface area contributed by atoms with E-state index in [-0.39, 0.29) is 17.7 Å². The van der Waals surface area contributed by atoms with Gasteiger partial charge in [0.05, 0.1) is 18.2 Å². The number of amides is 1. The smallest absolute Gasteiger partial charge is 0.232 e. The second-order valence-electron chi connectivity index (χ2n) is 5.69. The maximum atomic E-state index is 12.8. The SMILES string of the molecule is CCOc1ccccc1NC(=O)[C@H](c1ccc(Cl)cc1)C(C)C. The molecule has 4 heteroatoms. The van der Waals surface area contributed by atoms with Crippen molar-refractivity contribution in [2.24, 2.45) is 5.92 Å². The Balaban J connectivity index is 2.24. The van der Waals surface area contributed by atoms with Crippen LogP contribution in [0.25, 0.3) is 0 Å². The molecule has 2 rings (SSSR count). The largest absolute Gasteiger partial charge is 0.492 e. The van der Waals surface area contributed by atoms with Crippen molar-refractivity contribution in [3.63, 3.8) is 0 Å². The fourth-order valence-corrected chi connectivity index (χ4v) is 2.70. The van der Waals surface area contributed by atoms with Crippen LogP contribution in [0.15, 0.2) is 48.5 Å². The molecule has 0 heterocycles. The Morgan fingerprint density at radius 1 is 1.13 bits per heavy atom. The second-order valence-corrected chi connectivity index (χ2v) is 6.13. The number of para-hydroxylation sites is 2. The van der Waals surface area contributed by atoms with Gasteiger partial charge in [0.25, 0.3) is 0 Å². The summed E-state index contributed by atoms with van der Waals surface area (Å²) in [4.78, 5) is 12.8. The number of halogens is 1. The van der Waals surface area contributed by atoms with Crippen molar-refractivity contribution in [3.05, 3.63) is 59.1 Å². The van der Waals surface area contributed by atoms with Gasteiger partial charge in [0.15, 0.2) is 0 Å². The van der Waals surface area contributed by atoms with Crippen LogP contribution >= 0.6 is 11.6 Å². The summed E-state index contributed by atoms with van der Waals surface area (Å²) in [6, 6.07) is 14.9. The van der Waals surface area contributed by atoms with Crippen molar-refractivity contribution in [3.8, 4) is 5.75 Å². The fraction of sp³-hybridized carbons (Fsp3) is 0.316. The van der Waals surface area contributed by atoms with Crippen molar-refractivity contribution in [2.45, 2.75) is 26.7 Å². The molecule has 23 heavy (non-hydrogen) atoms. The van der Waals surface area contributed by atoms with Gasteiger partial charge in [0.2, 0.25) is 5.91 Å². The maximum absolute atomic E-state index is 12.8. The standard InChI is InChI=1S/C19H22ClNO2/c1-4-23-17-8-6-5-7-16(17)21-19(22)18(13(2)3)14-9-11-15(20)12-10-14/h5-13,18H,4H2,1-3H3,(H,21,22)/t18-/m0/s1. The lowest BCUT2D eigenvalue weighted by molar-refractivity contribution is -0.118. The van der Waals surface area contributed by atoms with E-state index in [2.05, 4.69) is 5.32 Å². The minimum Gasteiger partial charge on any atom is -0.492 e. The summed E-state index contributed by atoms with van der Waals surface area (Å²) in [5.74, 6) is 0.550. The minimum absolute atomic E-state index is 0.0468. The molecule has 0 bridgehead atoms. The highest BCUT2D eigenvalue weighted by Gasteiger charge is 2.25. The average Bonchev–Trinajstić information content (AvgIpc) is 2.51. The first kappa shape index (κ1) is 17.4. The van der Waals surface area contributed by atoms with Gasteiger partial charge in [-0.05, 0) is 42.7 Å². The molecule has 0 aliphatic carbocycles. The van der Waals surface area contributed by atoms with Crippen molar-refractivity contribution < 1.29 is 9.53 Å². The summed E-state index contributed by atoms with van der Waals surface area (Å²) >= 11 is 5.94. The highest BCUT2D eigenvalue weighted by atomic mass is 35.5. The first-order valence-electron chi connectivity index (χ1n) is 7.81. The van der Waals surface area contributed by atoms with Gasteiger partial charge < -0.3 is 10.1 Å². The van der Waals surface area contributed by atoms with Gasteiger partial charge in [-0.3, -0.25) is 4.79 Å². The van der Waals surface area contributed by atoms with Gasteiger partial charge in [-0.1, -0.05) is 49.7 Å². The Morgan fingerprint density at radius 2 is 1.78 bits per heavy atom. The molecule has 0 saturated heterocycles. The fourth-order valence-electron chi connectivity index (χ4n) is 2.57. The number of benzene rings is 2. The van der Waals surface area contributed by atoms with Crippen LogP contribution in [0, 0.1) is 5.92 Å². The Morgan fingerprint density at radius 3 is 2.39 bits per heavy atom. The van der Waals surface area contributed by atoms with Crippen LogP contribution in [-0.4, -0.2) is 12.5 Å². The monoisotopic (exact) mass is 331 g/mol. The van der Waals surface area contributed by atoms with Crippen molar-refractivity contribution in [1.82, 2.24) is 0 Å². The van der Waals surface area contributed by atoms with E-state index in [0.29, 0.717) is 23.1 Å². The number of carbonyl (C=O) groups is 1. The topological polar surface area (TPSA) is 38.3 Å². The molecule has 1 N–H and O–H groups in total. The van der Waals surface area contributed by atoms with Crippen LogP contribution < -0.4 is 10.1 Å². The molecule has 0 spiro atoms. The molecule has 1 amide bonds. The molecular formula is C19H22ClNO2. The Bertz CT molecular complexity index is 653. The summed E-state index contributed by atoms with van der Waals surface area (Å²) in [5.41, 5.74) is 1.65. The van der Waals surface area contributed by atoms with Gasteiger partial charge in [-0.15, -0.1) is 0 Å². The average molecular weight is 332 g/mol. The third-order valence-corrected chi connectivity index (χ3v) is 3.88. The second kappa shape index (κ2) is 8.02. The predicted octanol–water partition coefficient (Wildman–Crippen LogP) is 5.12. The van der Waals surface area contributed by atoms with E-state index >= 15 is 0 Å². The van der Waals surface area contributed by atoms with Gasteiger partial charge in [0, 0.05) is 5.02 Å². The number of carbonyl (C=O) groups excluding carboxylic acids is 1. The van der Waals surface area contributed by atoms with Crippen LogP contribution in [0.2, 0.25) is 5.02 Å². The Labute approximate surface area is 142 Å². The van der Waals surface area contributed by atoms with Crippen molar-refractivity contribution in [1.29, 1.82) is 0 Å². The number of nitrogens with one attached hydrogen (secondary N) is 1. The summed E-state index contributed by atoms with van der Waals surface area (Å²) < 4.78 is 5.57. The molecule has 0 aliphatic heterocycles. The number of anilines is 1. The highest BCUT2D eigenvalue weighted by molar-refractivity contribution is 6.30. The highest BCUT2D eigenvalue weighted by Crippen LogP contribution is 2.30. The minimum atomic E-state index is -0.248. The Hall–Kier alpha value is -2.00. The van der Waals surface area contributed by atoms with E-state index in [9.17, 15) is 4.79 Å². The van der Waals surface area contributed by atoms with E-state index in [1.807, 2.05) is 69.3 Å². The number of hydrogen-bond donors (Lipinski definition) is 1. The van der Waals surface area contributed by atoms with Gasteiger partial charge in [-0.25, -0.2) is 0 Å². The van der Waals surface area contributed by atoms with E-state index in [4.69, 9.17) is 16.3 Å². The molecule has 0 aliphatic rings. The third-order valence-electron chi connectivity index (χ3n) is 3.62. The van der Waals surface area contributed by atoms with Gasteiger partial charge >= 0.3 is 0 Å². The zero-order valence-corrected chi connectivity index (χ0v) is 14.4. The van der Waals surface area contributed by atoms with Crippen LogP contribution in [0.5, 0.6) is 5.75 Å². The summed E-state index contributed by atoms with van der Waals surface area (Å²) in [5, 5.41) is 3.66. The molecule has 0 saturated carbocycles. The molecule has 0 radical (unpaired) electrons. The first-order chi connectivity index (χ1) is 11.0.